The Hall–Kier alpha value is -0.240. The molecule has 0 amide bonds. The second-order valence-electron chi connectivity index (χ2n) is 5.69. The summed E-state index contributed by atoms with van der Waals surface area (Å²) in [7, 11) is 0. The Labute approximate surface area is 113 Å². The summed E-state index contributed by atoms with van der Waals surface area (Å²) in [5, 5.41) is 1.43. The molecule has 0 aliphatic heterocycles. The van der Waals surface area contributed by atoms with E-state index in [2.05, 4.69) is 13.8 Å². The van der Waals surface area contributed by atoms with Crippen molar-refractivity contribution in [2.24, 2.45) is 11.1 Å². The van der Waals surface area contributed by atoms with Crippen LogP contribution in [0.4, 0.5) is 0 Å². The highest BCUT2D eigenvalue weighted by Gasteiger charge is 2.45. The molecule has 0 aromatic heterocycles. The average molecular weight is 272 g/mol. The van der Waals surface area contributed by atoms with Crippen LogP contribution in [0.25, 0.3) is 0 Å². The first-order valence-corrected chi connectivity index (χ1v) is 6.87. The summed E-state index contributed by atoms with van der Waals surface area (Å²) < 4.78 is 0. The summed E-state index contributed by atoms with van der Waals surface area (Å²) in [4.78, 5) is 0. The number of rotatable bonds is 1. The predicted octanol–water partition coefficient (Wildman–Crippen LogP) is 4.75. The molecule has 17 heavy (non-hydrogen) atoms. The summed E-state index contributed by atoms with van der Waals surface area (Å²) in [6, 6.07) is 5.59. The minimum atomic E-state index is -0.368. The van der Waals surface area contributed by atoms with Gasteiger partial charge in [0, 0.05) is 15.6 Å². The number of nitrogens with two attached hydrogens (primary N) is 1. The van der Waals surface area contributed by atoms with E-state index in [0.29, 0.717) is 5.02 Å². The van der Waals surface area contributed by atoms with Crippen LogP contribution < -0.4 is 5.73 Å². The van der Waals surface area contributed by atoms with Gasteiger partial charge < -0.3 is 5.73 Å². The molecule has 1 atom stereocenters. The Kier molecular flexibility index (Phi) is 3.46. The molecule has 1 aromatic rings. The van der Waals surface area contributed by atoms with Crippen LogP contribution in [0.1, 0.15) is 45.1 Å². The predicted molar refractivity (Wildman–Crippen MR) is 74.6 cm³/mol. The molecular formula is C14H19Cl2N. The molecule has 3 heteroatoms. The molecule has 1 unspecified atom stereocenters. The van der Waals surface area contributed by atoms with Crippen molar-refractivity contribution in [3.8, 4) is 0 Å². The zero-order chi connectivity index (χ0) is 12.7. The van der Waals surface area contributed by atoms with E-state index in [0.717, 1.165) is 29.8 Å². The lowest BCUT2D eigenvalue weighted by Crippen LogP contribution is -2.52. The van der Waals surface area contributed by atoms with Crippen LogP contribution in [-0.4, -0.2) is 0 Å². The Morgan fingerprint density at radius 2 is 1.76 bits per heavy atom. The molecule has 2 rings (SSSR count). The van der Waals surface area contributed by atoms with Crippen LogP contribution in [0, 0.1) is 5.41 Å². The molecule has 0 radical (unpaired) electrons. The van der Waals surface area contributed by atoms with Crippen molar-refractivity contribution in [1.82, 2.24) is 0 Å². The highest BCUT2D eigenvalue weighted by Crippen LogP contribution is 2.50. The molecule has 1 nitrogen and oxygen atoms in total. The molecule has 1 saturated carbocycles. The van der Waals surface area contributed by atoms with Crippen LogP contribution in [0.2, 0.25) is 10.0 Å². The van der Waals surface area contributed by atoms with Gasteiger partial charge >= 0.3 is 0 Å². The van der Waals surface area contributed by atoms with E-state index in [1.165, 1.54) is 6.42 Å². The van der Waals surface area contributed by atoms with E-state index in [9.17, 15) is 0 Å². The largest absolute Gasteiger partial charge is 0.321 e. The van der Waals surface area contributed by atoms with Gasteiger partial charge in [-0.1, -0.05) is 49.9 Å². The average Bonchev–Trinajstić information content (AvgIpc) is 2.26. The summed E-state index contributed by atoms with van der Waals surface area (Å²) >= 11 is 12.4. The molecule has 1 fully saturated rings. The molecule has 0 bridgehead atoms. The molecule has 2 N–H and O–H groups in total. The highest BCUT2D eigenvalue weighted by atomic mass is 35.5. The quantitative estimate of drug-likeness (QED) is 0.784. The second kappa shape index (κ2) is 4.46. The minimum absolute atomic E-state index is 0.0551. The van der Waals surface area contributed by atoms with Gasteiger partial charge in [0.2, 0.25) is 0 Å². The Morgan fingerprint density at radius 3 is 2.41 bits per heavy atom. The summed E-state index contributed by atoms with van der Waals surface area (Å²) in [6.07, 6.45) is 4.50. The minimum Gasteiger partial charge on any atom is -0.321 e. The molecule has 0 saturated heterocycles. The Balaban J connectivity index is 2.52. The normalized spacial score (nSPS) is 28.1. The van der Waals surface area contributed by atoms with Gasteiger partial charge in [-0.25, -0.2) is 0 Å². The molecular weight excluding hydrogens is 253 g/mol. The molecule has 0 heterocycles. The van der Waals surface area contributed by atoms with Crippen molar-refractivity contribution in [2.45, 2.75) is 45.1 Å². The summed E-state index contributed by atoms with van der Waals surface area (Å²) in [5.41, 5.74) is 7.37. The molecule has 94 valence electrons. The van der Waals surface area contributed by atoms with Crippen LogP contribution in [0.15, 0.2) is 18.2 Å². The first kappa shape index (κ1) is 13.2. The van der Waals surface area contributed by atoms with Gasteiger partial charge in [-0.3, -0.25) is 0 Å². The fourth-order valence-electron chi connectivity index (χ4n) is 2.87. The maximum absolute atomic E-state index is 6.68. The lowest BCUT2D eigenvalue weighted by atomic mass is 9.61. The monoisotopic (exact) mass is 271 g/mol. The third-order valence-electron chi connectivity index (χ3n) is 4.24. The lowest BCUT2D eigenvalue weighted by molar-refractivity contribution is 0.0979. The second-order valence-corrected chi connectivity index (χ2v) is 6.53. The van der Waals surface area contributed by atoms with Gasteiger partial charge in [0.05, 0.1) is 0 Å². The van der Waals surface area contributed by atoms with Crippen LogP contribution in [-0.2, 0) is 5.54 Å². The summed E-state index contributed by atoms with van der Waals surface area (Å²) in [5.74, 6) is 0. The molecule has 1 aliphatic rings. The first-order chi connectivity index (χ1) is 7.87. The van der Waals surface area contributed by atoms with E-state index in [1.54, 1.807) is 0 Å². The Morgan fingerprint density at radius 1 is 1.12 bits per heavy atom. The Bertz CT molecular complexity index is 428. The van der Waals surface area contributed by atoms with E-state index < -0.39 is 0 Å². The van der Waals surface area contributed by atoms with Gasteiger partial charge in [-0.2, -0.15) is 0 Å². The number of hydrogen-bond acceptors (Lipinski definition) is 1. The third kappa shape index (κ3) is 2.21. The molecule has 1 aliphatic carbocycles. The molecule has 1 aromatic carbocycles. The smallest absolute Gasteiger partial charge is 0.0476 e. The topological polar surface area (TPSA) is 26.0 Å². The van der Waals surface area contributed by atoms with E-state index in [-0.39, 0.29) is 11.0 Å². The SMILES string of the molecule is CC1(C)CCCCC1(N)c1cc(Cl)ccc1Cl. The fraction of sp³-hybridized carbons (Fsp3) is 0.571. The molecule has 0 spiro atoms. The van der Waals surface area contributed by atoms with Crippen molar-refractivity contribution >= 4 is 23.2 Å². The van der Waals surface area contributed by atoms with Gasteiger partial charge in [-0.05, 0) is 42.0 Å². The van der Waals surface area contributed by atoms with Gasteiger partial charge in [0.1, 0.15) is 0 Å². The van der Waals surface area contributed by atoms with Crippen molar-refractivity contribution < 1.29 is 0 Å². The highest BCUT2D eigenvalue weighted by molar-refractivity contribution is 6.33. The van der Waals surface area contributed by atoms with Crippen molar-refractivity contribution in [3.05, 3.63) is 33.8 Å². The van der Waals surface area contributed by atoms with Crippen LogP contribution in [0.3, 0.4) is 0 Å². The van der Waals surface area contributed by atoms with E-state index in [1.807, 2.05) is 18.2 Å². The van der Waals surface area contributed by atoms with Gasteiger partial charge in [0.15, 0.2) is 0 Å². The van der Waals surface area contributed by atoms with Gasteiger partial charge in [0.25, 0.3) is 0 Å². The van der Waals surface area contributed by atoms with E-state index in [4.69, 9.17) is 28.9 Å². The van der Waals surface area contributed by atoms with Gasteiger partial charge in [-0.15, -0.1) is 0 Å². The first-order valence-electron chi connectivity index (χ1n) is 6.11. The van der Waals surface area contributed by atoms with Crippen molar-refractivity contribution in [1.29, 1.82) is 0 Å². The van der Waals surface area contributed by atoms with Crippen LogP contribution in [0.5, 0.6) is 0 Å². The van der Waals surface area contributed by atoms with Crippen LogP contribution >= 0.6 is 23.2 Å². The fourth-order valence-corrected chi connectivity index (χ4v) is 3.33. The van der Waals surface area contributed by atoms with E-state index >= 15 is 0 Å². The standard InChI is InChI=1S/C14H19Cl2N/c1-13(2)7-3-4-8-14(13,17)11-9-10(15)5-6-12(11)16/h5-6,9H,3-4,7-8,17H2,1-2H3. The lowest BCUT2D eigenvalue weighted by Gasteiger charge is -2.48. The number of halogens is 2. The zero-order valence-corrected chi connectivity index (χ0v) is 11.9. The van der Waals surface area contributed by atoms with Crippen molar-refractivity contribution in [2.75, 3.05) is 0 Å². The van der Waals surface area contributed by atoms with Crippen molar-refractivity contribution in [3.63, 3.8) is 0 Å². The third-order valence-corrected chi connectivity index (χ3v) is 4.80. The maximum Gasteiger partial charge on any atom is 0.0476 e. The number of hydrogen-bond donors (Lipinski definition) is 1. The summed E-state index contributed by atoms with van der Waals surface area (Å²) in [6.45, 7) is 4.45. The number of benzene rings is 1. The maximum atomic E-state index is 6.68. The zero-order valence-electron chi connectivity index (χ0n) is 10.4.